The van der Waals surface area contributed by atoms with Gasteiger partial charge in [0.25, 0.3) is 5.56 Å². The van der Waals surface area contributed by atoms with E-state index in [1.807, 2.05) is 6.92 Å². The fourth-order valence-corrected chi connectivity index (χ4v) is 2.61. The van der Waals surface area contributed by atoms with E-state index in [2.05, 4.69) is 10.3 Å². The predicted octanol–water partition coefficient (Wildman–Crippen LogP) is 3.19. The highest BCUT2D eigenvalue weighted by molar-refractivity contribution is 7.15. The summed E-state index contributed by atoms with van der Waals surface area (Å²) in [4.78, 5) is 16.4. The van der Waals surface area contributed by atoms with Crippen LogP contribution < -0.4 is 10.9 Å². The van der Waals surface area contributed by atoms with Crippen LogP contribution in [0, 0.1) is 0 Å². The third-order valence-electron chi connectivity index (χ3n) is 2.73. The van der Waals surface area contributed by atoms with E-state index in [-0.39, 0.29) is 6.54 Å². The van der Waals surface area contributed by atoms with Crippen molar-refractivity contribution in [3.63, 3.8) is 0 Å². The molecule has 2 aromatic heterocycles. The molecule has 0 aliphatic rings. The molecule has 4 nitrogen and oxygen atoms in total. The summed E-state index contributed by atoms with van der Waals surface area (Å²) in [5.74, 6) is 0. The van der Waals surface area contributed by atoms with E-state index in [0.717, 1.165) is 35.7 Å². The summed E-state index contributed by atoms with van der Waals surface area (Å²) in [6, 6.07) is 3.13. The van der Waals surface area contributed by atoms with Crippen LogP contribution in [0.4, 0.5) is 18.3 Å². The first-order chi connectivity index (χ1) is 9.91. The zero-order chi connectivity index (χ0) is 15.5. The third-order valence-corrected chi connectivity index (χ3v) is 3.67. The summed E-state index contributed by atoms with van der Waals surface area (Å²) in [6.07, 6.45) is -2.15. The Hall–Kier alpha value is -1.83. The number of aromatic nitrogens is 2. The quantitative estimate of drug-likeness (QED) is 0.921. The van der Waals surface area contributed by atoms with Gasteiger partial charge in [-0.15, -0.1) is 11.3 Å². The van der Waals surface area contributed by atoms with Gasteiger partial charge in [-0.25, -0.2) is 4.98 Å². The average molecular weight is 317 g/mol. The second-order valence-electron chi connectivity index (χ2n) is 4.39. The SMILES string of the molecule is CCCNc1ncc(Cn2c(C(F)(F)F)cccc2=O)s1. The predicted molar refractivity (Wildman–Crippen MR) is 75.7 cm³/mol. The van der Waals surface area contributed by atoms with Gasteiger partial charge in [-0.3, -0.25) is 9.36 Å². The van der Waals surface area contributed by atoms with E-state index in [9.17, 15) is 18.0 Å². The van der Waals surface area contributed by atoms with Crippen molar-refractivity contribution in [2.45, 2.75) is 26.1 Å². The third kappa shape index (κ3) is 3.84. The molecule has 0 radical (unpaired) electrons. The number of halogens is 3. The molecule has 0 aliphatic carbocycles. The highest BCUT2D eigenvalue weighted by Gasteiger charge is 2.34. The molecule has 0 bridgehead atoms. The van der Waals surface area contributed by atoms with Gasteiger partial charge in [0.2, 0.25) is 0 Å². The molecule has 0 saturated heterocycles. The molecular weight excluding hydrogens is 303 g/mol. The van der Waals surface area contributed by atoms with Crippen LogP contribution in [-0.4, -0.2) is 16.1 Å². The van der Waals surface area contributed by atoms with Crippen molar-refractivity contribution in [2.24, 2.45) is 0 Å². The first-order valence-electron chi connectivity index (χ1n) is 6.37. The molecule has 114 valence electrons. The molecule has 2 heterocycles. The number of thiazole rings is 1. The number of nitrogens with zero attached hydrogens (tertiary/aromatic N) is 2. The summed E-state index contributed by atoms with van der Waals surface area (Å²) in [6.45, 7) is 2.60. The Morgan fingerprint density at radius 1 is 1.38 bits per heavy atom. The Labute approximate surface area is 123 Å². The fraction of sp³-hybridized carbons (Fsp3) is 0.385. The van der Waals surface area contributed by atoms with E-state index >= 15 is 0 Å². The largest absolute Gasteiger partial charge is 0.431 e. The second kappa shape index (κ2) is 6.30. The van der Waals surface area contributed by atoms with Crippen molar-refractivity contribution in [1.29, 1.82) is 0 Å². The van der Waals surface area contributed by atoms with Gasteiger partial charge in [0, 0.05) is 23.7 Å². The standard InChI is InChI=1S/C13H14F3N3OS/c1-2-6-17-12-18-7-9(21-12)8-19-10(13(14,15)16)4-3-5-11(19)20/h3-5,7H,2,6,8H2,1H3,(H,17,18). The topological polar surface area (TPSA) is 46.9 Å². The minimum absolute atomic E-state index is 0.139. The van der Waals surface area contributed by atoms with Gasteiger partial charge in [0.1, 0.15) is 5.69 Å². The van der Waals surface area contributed by atoms with E-state index in [4.69, 9.17) is 0 Å². The lowest BCUT2D eigenvalue weighted by Crippen LogP contribution is -2.27. The van der Waals surface area contributed by atoms with Gasteiger partial charge < -0.3 is 5.32 Å². The summed E-state index contributed by atoms with van der Waals surface area (Å²) in [5.41, 5.74) is -1.63. The Kier molecular flexibility index (Phi) is 4.66. The zero-order valence-corrected chi connectivity index (χ0v) is 12.1. The molecule has 0 amide bonds. The van der Waals surface area contributed by atoms with E-state index in [0.29, 0.717) is 10.0 Å². The van der Waals surface area contributed by atoms with Gasteiger partial charge in [-0.1, -0.05) is 13.0 Å². The molecular formula is C13H14F3N3OS. The summed E-state index contributed by atoms with van der Waals surface area (Å²) in [5, 5.41) is 3.70. The normalized spacial score (nSPS) is 11.6. The maximum Gasteiger partial charge on any atom is 0.431 e. The van der Waals surface area contributed by atoms with E-state index < -0.39 is 17.4 Å². The van der Waals surface area contributed by atoms with E-state index in [1.165, 1.54) is 17.5 Å². The molecule has 2 rings (SSSR count). The van der Waals surface area contributed by atoms with Crippen LogP contribution in [0.5, 0.6) is 0 Å². The average Bonchev–Trinajstić information content (AvgIpc) is 2.85. The maximum atomic E-state index is 12.9. The summed E-state index contributed by atoms with van der Waals surface area (Å²) in [7, 11) is 0. The van der Waals surface area contributed by atoms with Crippen LogP contribution in [0.3, 0.4) is 0 Å². The van der Waals surface area contributed by atoms with Crippen molar-refractivity contribution in [3.05, 3.63) is 45.3 Å². The van der Waals surface area contributed by atoms with Gasteiger partial charge >= 0.3 is 6.18 Å². The molecule has 0 atom stereocenters. The fourth-order valence-electron chi connectivity index (χ4n) is 1.78. The highest BCUT2D eigenvalue weighted by atomic mass is 32.1. The molecule has 1 N–H and O–H groups in total. The Morgan fingerprint density at radius 2 is 2.14 bits per heavy atom. The first-order valence-corrected chi connectivity index (χ1v) is 7.19. The van der Waals surface area contributed by atoms with E-state index in [1.54, 1.807) is 0 Å². The molecule has 0 saturated carbocycles. The van der Waals surface area contributed by atoms with Gasteiger partial charge in [0.05, 0.1) is 6.54 Å². The monoisotopic (exact) mass is 317 g/mol. The zero-order valence-electron chi connectivity index (χ0n) is 11.3. The lowest BCUT2D eigenvalue weighted by Gasteiger charge is -2.13. The van der Waals surface area contributed by atoms with Gasteiger partial charge in [-0.05, 0) is 12.5 Å². The number of hydrogen-bond acceptors (Lipinski definition) is 4. The minimum Gasteiger partial charge on any atom is -0.362 e. The first kappa shape index (κ1) is 15.6. The number of anilines is 1. The Balaban J connectivity index is 2.27. The number of alkyl halides is 3. The van der Waals surface area contributed by atoms with Crippen LogP contribution >= 0.6 is 11.3 Å². The molecule has 0 aromatic carbocycles. The molecule has 2 aromatic rings. The maximum absolute atomic E-state index is 12.9. The number of nitrogens with one attached hydrogen (secondary N) is 1. The molecule has 8 heteroatoms. The number of hydrogen-bond donors (Lipinski definition) is 1. The molecule has 21 heavy (non-hydrogen) atoms. The lowest BCUT2D eigenvalue weighted by molar-refractivity contribution is -0.144. The van der Waals surface area contributed by atoms with Crippen molar-refractivity contribution in [2.75, 3.05) is 11.9 Å². The van der Waals surface area contributed by atoms with Crippen molar-refractivity contribution in [1.82, 2.24) is 9.55 Å². The van der Waals surface area contributed by atoms with Crippen molar-refractivity contribution >= 4 is 16.5 Å². The lowest BCUT2D eigenvalue weighted by atomic mass is 10.3. The minimum atomic E-state index is -4.56. The van der Waals surface area contributed by atoms with Crippen LogP contribution in [0.2, 0.25) is 0 Å². The Morgan fingerprint density at radius 3 is 2.81 bits per heavy atom. The van der Waals surface area contributed by atoms with Crippen LogP contribution in [0.15, 0.2) is 29.2 Å². The summed E-state index contributed by atoms with van der Waals surface area (Å²) >= 11 is 1.25. The molecule has 0 unspecified atom stereocenters. The molecule has 0 aliphatic heterocycles. The molecule has 0 spiro atoms. The van der Waals surface area contributed by atoms with Gasteiger partial charge in [0.15, 0.2) is 5.13 Å². The van der Waals surface area contributed by atoms with Crippen LogP contribution in [0.1, 0.15) is 23.9 Å². The number of rotatable bonds is 5. The van der Waals surface area contributed by atoms with Crippen molar-refractivity contribution < 1.29 is 13.2 Å². The molecule has 0 fully saturated rings. The van der Waals surface area contributed by atoms with Crippen molar-refractivity contribution in [3.8, 4) is 0 Å². The second-order valence-corrected chi connectivity index (χ2v) is 5.51. The van der Waals surface area contributed by atoms with Gasteiger partial charge in [-0.2, -0.15) is 13.2 Å². The Bertz CT molecular complexity index is 663. The number of pyridine rings is 1. The smallest absolute Gasteiger partial charge is 0.362 e. The highest BCUT2D eigenvalue weighted by Crippen LogP contribution is 2.29. The van der Waals surface area contributed by atoms with Crippen LogP contribution in [0.25, 0.3) is 0 Å². The summed E-state index contributed by atoms with van der Waals surface area (Å²) < 4.78 is 39.5. The van der Waals surface area contributed by atoms with Crippen LogP contribution in [-0.2, 0) is 12.7 Å².